The van der Waals surface area contributed by atoms with Crippen LogP contribution >= 0.6 is 0 Å². The normalized spacial score (nSPS) is 24.8. The van der Waals surface area contributed by atoms with Gasteiger partial charge in [0, 0.05) is 31.0 Å². The van der Waals surface area contributed by atoms with Crippen molar-refractivity contribution in [2.75, 3.05) is 26.3 Å². The lowest BCUT2D eigenvalue weighted by Crippen LogP contribution is -2.42. The minimum absolute atomic E-state index is 0.0220. The van der Waals surface area contributed by atoms with Crippen LogP contribution in [0.1, 0.15) is 47.5 Å². The second-order valence-corrected chi connectivity index (χ2v) is 7.35. The smallest absolute Gasteiger partial charge is 0.276 e. The van der Waals surface area contributed by atoms with E-state index in [0.29, 0.717) is 31.2 Å². The number of benzene rings is 1. The first-order chi connectivity index (χ1) is 12.0. The summed E-state index contributed by atoms with van der Waals surface area (Å²) in [5.74, 6) is 1.62. The molecule has 132 valence electrons. The van der Waals surface area contributed by atoms with Gasteiger partial charge >= 0.3 is 0 Å². The van der Waals surface area contributed by atoms with Crippen molar-refractivity contribution in [2.45, 2.75) is 25.7 Å². The summed E-state index contributed by atoms with van der Waals surface area (Å²) in [7, 11) is 0. The van der Waals surface area contributed by atoms with Crippen LogP contribution in [-0.2, 0) is 0 Å². The number of likely N-dealkylation sites (tertiary alicyclic amines) is 1. The Bertz CT molecular complexity index is 800. The maximum atomic E-state index is 12.9. The van der Waals surface area contributed by atoms with Crippen LogP contribution in [-0.4, -0.2) is 47.4 Å². The van der Waals surface area contributed by atoms with Gasteiger partial charge in [0.1, 0.15) is 11.5 Å². The molecule has 0 saturated carbocycles. The van der Waals surface area contributed by atoms with Crippen LogP contribution < -0.4 is 4.74 Å². The topological polar surface area (TPSA) is 75.8 Å². The van der Waals surface area contributed by atoms with Gasteiger partial charge in [-0.25, -0.2) is 0 Å². The average molecular weight is 342 g/mol. The van der Waals surface area contributed by atoms with E-state index in [-0.39, 0.29) is 24.3 Å². The number of aliphatic hydroxyl groups excluding tert-OH is 1. The van der Waals surface area contributed by atoms with E-state index in [2.05, 4.69) is 5.16 Å². The molecule has 2 atom stereocenters. The highest BCUT2D eigenvalue weighted by molar-refractivity contribution is 5.92. The van der Waals surface area contributed by atoms with Gasteiger partial charge in [-0.15, -0.1) is 0 Å². The molecule has 4 rings (SSSR count). The Morgan fingerprint density at radius 3 is 2.96 bits per heavy atom. The molecule has 0 aliphatic carbocycles. The Morgan fingerprint density at radius 1 is 1.44 bits per heavy atom. The van der Waals surface area contributed by atoms with Crippen molar-refractivity contribution < 1.29 is 19.2 Å². The number of nitrogens with zero attached hydrogens (tertiary/aromatic N) is 2. The number of ether oxygens (including phenoxy) is 1. The molecule has 6 heteroatoms. The number of hydrogen-bond donors (Lipinski definition) is 1. The first kappa shape index (κ1) is 16.1. The van der Waals surface area contributed by atoms with Gasteiger partial charge in [0.15, 0.2) is 5.69 Å². The van der Waals surface area contributed by atoms with Crippen LogP contribution in [0.4, 0.5) is 0 Å². The number of carbonyl (C=O) groups is 1. The van der Waals surface area contributed by atoms with Gasteiger partial charge in [-0.05, 0) is 11.6 Å². The van der Waals surface area contributed by atoms with E-state index in [0.717, 1.165) is 11.3 Å². The van der Waals surface area contributed by atoms with Gasteiger partial charge in [-0.3, -0.25) is 4.79 Å². The third-order valence-corrected chi connectivity index (χ3v) is 5.38. The fourth-order valence-corrected chi connectivity index (χ4v) is 3.85. The Balaban J connectivity index is 1.63. The zero-order valence-corrected chi connectivity index (χ0v) is 14.4. The number of aliphatic hydroxyl groups is 1. The number of para-hydroxylation sites is 1. The zero-order chi connectivity index (χ0) is 17.6. The maximum absolute atomic E-state index is 12.9. The highest BCUT2D eigenvalue weighted by atomic mass is 16.5. The van der Waals surface area contributed by atoms with Gasteiger partial charge in [-0.2, -0.15) is 0 Å². The molecule has 2 aromatic rings. The number of fused-ring (bicyclic) bond motifs is 3. The van der Waals surface area contributed by atoms with Gasteiger partial charge in [0.25, 0.3) is 5.91 Å². The number of amides is 1. The van der Waals surface area contributed by atoms with Gasteiger partial charge in [-0.1, -0.05) is 37.2 Å². The van der Waals surface area contributed by atoms with E-state index in [1.54, 1.807) is 11.0 Å². The highest BCUT2D eigenvalue weighted by Crippen LogP contribution is 2.49. The Hall–Kier alpha value is -2.34. The third-order valence-electron chi connectivity index (χ3n) is 5.38. The molecule has 6 nitrogen and oxygen atoms in total. The molecule has 1 aromatic heterocycles. The second-order valence-electron chi connectivity index (χ2n) is 7.35. The summed E-state index contributed by atoms with van der Waals surface area (Å²) in [6.45, 7) is 5.37. The first-order valence-electron chi connectivity index (χ1n) is 8.62. The van der Waals surface area contributed by atoms with Crippen LogP contribution in [0.3, 0.4) is 0 Å². The summed E-state index contributed by atoms with van der Waals surface area (Å²) >= 11 is 0. The quantitative estimate of drug-likeness (QED) is 0.927. The Morgan fingerprint density at radius 2 is 2.24 bits per heavy atom. The SMILES string of the molecule is CC(C)c1cc(C(=O)N2C[C@@H]3c4ccccc4OC[C@]3(CO)C2)no1. The summed E-state index contributed by atoms with van der Waals surface area (Å²) in [6.07, 6.45) is 0. The van der Waals surface area contributed by atoms with Crippen molar-refractivity contribution >= 4 is 5.91 Å². The van der Waals surface area contributed by atoms with Crippen molar-refractivity contribution in [3.63, 3.8) is 0 Å². The summed E-state index contributed by atoms with van der Waals surface area (Å²) in [5, 5.41) is 14.0. The number of aromatic nitrogens is 1. The first-order valence-corrected chi connectivity index (χ1v) is 8.62. The van der Waals surface area contributed by atoms with Crippen LogP contribution in [0.25, 0.3) is 0 Å². The molecule has 1 saturated heterocycles. The number of hydrogen-bond acceptors (Lipinski definition) is 5. The lowest BCUT2D eigenvalue weighted by Gasteiger charge is -2.37. The standard InChI is InChI=1S/C19H22N2O4/c1-12(2)17-7-15(20-25-17)18(23)21-8-14-13-5-3-4-6-16(13)24-11-19(14,9-21)10-22/h3-7,12,14,22H,8-11H2,1-2H3/t14-,19-/m1/s1. The molecule has 2 aliphatic heterocycles. The van der Waals surface area contributed by atoms with E-state index in [4.69, 9.17) is 9.26 Å². The molecule has 2 aliphatic rings. The van der Waals surface area contributed by atoms with E-state index in [1.165, 1.54) is 0 Å². The van der Waals surface area contributed by atoms with Crippen LogP contribution in [0.2, 0.25) is 0 Å². The second kappa shape index (κ2) is 5.88. The summed E-state index contributed by atoms with van der Waals surface area (Å²) < 4.78 is 11.1. The fraction of sp³-hybridized carbons (Fsp3) is 0.474. The molecule has 0 spiro atoms. The highest BCUT2D eigenvalue weighted by Gasteiger charge is 2.52. The van der Waals surface area contributed by atoms with Gasteiger partial charge in [0.2, 0.25) is 0 Å². The Labute approximate surface area is 146 Å². The Kier molecular flexibility index (Phi) is 3.80. The van der Waals surface area contributed by atoms with E-state index in [1.807, 2.05) is 38.1 Å². The minimum Gasteiger partial charge on any atom is -0.493 e. The number of carbonyl (C=O) groups excluding carboxylic acids is 1. The minimum atomic E-state index is -0.464. The van der Waals surface area contributed by atoms with Crippen LogP contribution in [0.5, 0.6) is 5.75 Å². The molecule has 0 radical (unpaired) electrons. The number of rotatable bonds is 3. The largest absolute Gasteiger partial charge is 0.493 e. The van der Waals surface area contributed by atoms with E-state index >= 15 is 0 Å². The van der Waals surface area contributed by atoms with Crippen molar-refractivity contribution in [3.05, 3.63) is 47.3 Å². The molecule has 3 heterocycles. The average Bonchev–Trinajstić information content (AvgIpc) is 3.26. The molecule has 1 aromatic carbocycles. The van der Waals surface area contributed by atoms with Crippen molar-refractivity contribution in [1.82, 2.24) is 10.1 Å². The maximum Gasteiger partial charge on any atom is 0.276 e. The summed E-state index contributed by atoms with van der Waals surface area (Å²) in [4.78, 5) is 14.6. The lowest BCUT2D eigenvalue weighted by atomic mass is 9.74. The molecule has 1 amide bonds. The molecule has 0 bridgehead atoms. The summed E-state index contributed by atoms with van der Waals surface area (Å²) in [5.41, 5.74) is 0.917. The monoisotopic (exact) mass is 342 g/mol. The molecular formula is C19H22N2O4. The molecule has 1 N–H and O–H groups in total. The third kappa shape index (κ3) is 2.52. The predicted octanol–water partition coefficient (Wildman–Crippen LogP) is 2.41. The van der Waals surface area contributed by atoms with Gasteiger partial charge in [0.05, 0.1) is 18.6 Å². The molecule has 1 fully saturated rings. The summed E-state index contributed by atoms with van der Waals surface area (Å²) in [6, 6.07) is 9.57. The van der Waals surface area contributed by atoms with Crippen LogP contribution in [0.15, 0.2) is 34.9 Å². The zero-order valence-electron chi connectivity index (χ0n) is 14.4. The van der Waals surface area contributed by atoms with Crippen molar-refractivity contribution in [2.24, 2.45) is 5.41 Å². The van der Waals surface area contributed by atoms with E-state index in [9.17, 15) is 9.90 Å². The predicted molar refractivity (Wildman–Crippen MR) is 90.7 cm³/mol. The van der Waals surface area contributed by atoms with Crippen LogP contribution in [0, 0.1) is 5.41 Å². The molecular weight excluding hydrogens is 320 g/mol. The van der Waals surface area contributed by atoms with E-state index < -0.39 is 5.41 Å². The van der Waals surface area contributed by atoms with Crippen molar-refractivity contribution in [1.29, 1.82) is 0 Å². The van der Waals surface area contributed by atoms with Crippen molar-refractivity contribution in [3.8, 4) is 5.75 Å². The van der Waals surface area contributed by atoms with Gasteiger partial charge < -0.3 is 19.3 Å². The lowest BCUT2D eigenvalue weighted by molar-refractivity contribution is 0.0438. The fourth-order valence-electron chi connectivity index (χ4n) is 3.85. The molecule has 0 unspecified atom stereocenters. The molecule has 25 heavy (non-hydrogen) atoms.